The first-order valence-electron chi connectivity index (χ1n) is 9.00. The van der Waals surface area contributed by atoms with Gasteiger partial charge in [-0.3, -0.25) is 14.4 Å². The molecular weight excluding hydrogens is 376 g/mol. The minimum Gasteiger partial charge on any atom is -0.496 e. The summed E-state index contributed by atoms with van der Waals surface area (Å²) in [5, 5.41) is 11.7. The first-order valence-corrected chi connectivity index (χ1v) is 9.00. The number of ether oxygens (including phenoxy) is 2. The van der Waals surface area contributed by atoms with Gasteiger partial charge in [0, 0.05) is 23.4 Å². The minimum absolute atomic E-state index is 0.0517. The fourth-order valence-electron chi connectivity index (χ4n) is 2.84. The number of carboxylic acid groups (broad SMARTS) is 1. The van der Waals surface area contributed by atoms with Crippen molar-refractivity contribution in [3.8, 4) is 11.5 Å². The Bertz CT molecular complexity index is 857. The van der Waals surface area contributed by atoms with E-state index in [1.807, 2.05) is 0 Å². The standard InChI is InChI=1S/C21H24N2O6/c1-4-23(13-20(25)26)21(27)14-8-10-15(11-9-14)22-19(24)12-16-17(28-2)6-5-7-18(16)29-3/h5-11H,4,12-13H2,1-3H3,(H,22,24)(H,25,26). The number of hydrogen-bond acceptors (Lipinski definition) is 5. The van der Waals surface area contributed by atoms with Gasteiger partial charge in [0.1, 0.15) is 18.0 Å². The molecule has 0 radical (unpaired) electrons. The zero-order chi connectivity index (χ0) is 21.4. The fraction of sp³-hybridized carbons (Fsp3) is 0.286. The molecule has 0 heterocycles. The summed E-state index contributed by atoms with van der Waals surface area (Å²) >= 11 is 0. The van der Waals surface area contributed by atoms with E-state index >= 15 is 0 Å². The Labute approximate surface area is 169 Å². The number of carbonyl (C=O) groups excluding carboxylic acids is 2. The van der Waals surface area contributed by atoms with Gasteiger partial charge in [-0.25, -0.2) is 0 Å². The highest BCUT2D eigenvalue weighted by atomic mass is 16.5. The van der Waals surface area contributed by atoms with E-state index in [9.17, 15) is 14.4 Å². The fourth-order valence-corrected chi connectivity index (χ4v) is 2.84. The Kier molecular flexibility index (Phi) is 7.59. The van der Waals surface area contributed by atoms with Crippen molar-refractivity contribution in [2.24, 2.45) is 0 Å². The van der Waals surface area contributed by atoms with E-state index in [2.05, 4.69) is 5.32 Å². The number of aliphatic carboxylic acids is 1. The molecule has 0 aliphatic carbocycles. The van der Waals surface area contributed by atoms with Crippen LogP contribution >= 0.6 is 0 Å². The number of methoxy groups -OCH3 is 2. The summed E-state index contributed by atoms with van der Waals surface area (Å²) in [4.78, 5) is 36.9. The zero-order valence-corrected chi connectivity index (χ0v) is 16.6. The number of nitrogens with one attached hydrogen (secondary N) is 1. The van der Waals surface area contributed by atoms with Crippen LogP contribution in [0, 0.1) is 0 Å². The van der Waals surface area contributed by atoms with E-state index in [1.54, 1.807) is 49.4 Å². The van der Waals surface area contributed by atoms with Gasteiger partial charge in [0.2, 0.25) is 5.91 Å². The zero-order valence-electron chi connectivity index (χ0n) is 16.6. The number of nitrogens with zero attached hydrogens (tertiary/aromatic N) is 1. The number of likely N-dealkylation sites (N-methyl/N-ethyl adjacent to an activating group) is 1. The third-order valence-corrected chi connectivity index (χ3v) is 4.28. The topological polar surface area (TPSA) is 105 Å². The molecule has 8 nitrogen and oxygen atoms in total. The Morgan fingerprint density at radius 2 is 1.59 bits per heavy atom. The van der Waals surface area contributed by atoms with Crippen molar-refractivity contribution >= 4 is 23.5 Å². The third-order valence-electron chi connectivity index (χ3n) is 4.28. The third kappa shape index (κ3) is 5.71. The van der Waals surface area contributed by atoms with Crippen LogP contribution in [0.5, 0.6) is 11.5 Å². The van der Waals surface area contributed by atoms with Crippen LogP contribution in [0.15, 0.2) is 42.5 Å². The van der Waals surface area contributed by atoms with Crippen LogP contribution in [0.2, 0.25) is 0 Å². The van der Waals surface area contributed by atoms with Gasteiger partial charge in [-0.15, -0.1) is 0 Å². The summed E-state index contributed by atoms with van der Waals surface area (Å²) in [6, 6.07) is 11.6. The Balaban J connectivity index is 2.07. The van der Waals surface area contributed by atoms with Crippen LogP contribution < -0.4 is 14.8 Å². The van der Waals surface area contributed by atoms with Crippen molar-refractivity contribution in [1.29, 1.82) is 0 Å². The highest BCUT2D eigenvalue weighted by Crippen LogP contribution is 2.29. The number of benzene rings is 2. The molecule has 0 spiro atoms. The summed E-state index contributed by atoms with van der Waals surface area (Å²) in [6.07, 6.45) is 0.0517. The molecular formula is C21H24N2O6. The molecule has 0 fully saturated rings. The Hall–Kier alpha value is -3.55. The van der Waals surface area contributed by atoms with Crippen molar-refractivity contribution in [2.75, 3.05) is 32.6 Å². The molecule has 0 bridgehead atoms. The lowest BCUT2D eigenvalue weighted by Gasteiger charge is -2.18. The van der Waals surface area contributed by atoms with E-state index in [1.165, 1.54) is 19.1 Å². The lowest BCUT2D eigenvalue weighted by Crippen LogP contribution is -2.35. The van der Waals surface area contributed by atoms with Crippen LogP contribution in [-0.2, 0) is 16.0 Å². The van der Waals surface area contributed by atoms with Crippen molar-refractivity contribution in [3.63, 3.8) is 0 Å². The van der Waals surface area contributed by atoms with Crippen LogP contribution in [0.3, 0.4) is 0 Å². The van der Waals surface area contributed by atoms with Crippen LogP contribution in [0.4, 0.5) is 5.69 Å². The number of hydrogen-bond donors (Lipinski definition) is 2. The first-order chi connectivity index (χ1) is 13.9. The molecule has 0 saturated carbocycles. The van der Waals surface area contributed by atoms with Gasteiger partial charge in [0.25, 0.3) is 5.91 Å². The lowest BCUT2D eigenvalue weighted by atomic mass is 10.1. The monoisotopic (exact) mass is 400 g/mol. The van der Waals surface area contributed by atoms with Gasteiger partial charge in [-0.1, -0.05) is 6.07 Å². The maximum Gasteiger partial charge on any atom is 0.323 e. The lowest BCUT2D eigenvalue weighted by molar-refractivity contribution is -0.137. The molecule has 0 aliphatic heterocycles. The SMILES string of the molecule is CCN(CC(=O)O)C(=O)c1ccc(NC(=O)Cc2c(OC)cccc2OC)cc1. The second-order valence-electron chi connectivity index (χ2n) is 6.16. The van der Waals surface area contributed by atoms with E-state index in [0.717, 1.165) is 0 Å². The summed E-state index contributed by atoms with van der Waals surface area (Å²) in [5.74, 6) is -0.618. The van der Waals surface area contributed by atoms with Gasteiger partial charge in [-0.05, 0) is 43.3 Å². The van der Waals surface area contributed by atoms with Crippen molar-refractivity contribution in [1.82, 2.24) is 4.90 Å². The summed E-state index contributed by atoms with van der Waals surface area (Å²) < 4.78 is 10.6. The molecule has 29 heavy (non-hydrogen) atoms. The van der Waals surface area contributed by atoms with E-state index in [0.29, 0.717) is 28.3 Å². The maximum absolute atomic E-state index is 12.5. The average Bonchev–Trinajstić information content (AvgIpc) is 2.72. The molecule has 0 aliphatic rings. The quantitative estimate of drug-likeness (QED) is 0.670. The summed E-state index contributed by atoms with van der Waals surface area (Å²) in [6.45, 7) is 1.63. The molecule has 2 rings (SSSR count). The number of amides is 2. The van der Waals surface area contributed by atoms with Gasteiger partial charge in [0.15, 0.2) is 0 Å². The van der Waals surface area contributed by atoms with Crippen LogP contribution in [-0.4, -0.2) is 55.1 Å². The van der Waals surface area contributed by atoms with Crippen molar-refractivity contribution in [3.05, 3.63) is 53.6 Å². The maximum atomic E-state index is 12.5. The Morgan fingerprint density at radius 3 is 2.07 bits per heavy atom. The number of carboxylic acids is 1. The highest BCUT2D eigenvalue weighted by Gasteiger charge is 2.17. The normalized spacial score (nSPS) is 10.2. The van der Waals surface area contributed by atoms with Crippen molar-refractivity contribution in [2.45, 2.75) is 13.3 Å². The first kappa shape index (κ1) is 21.7. The second kappa shape index (κ2) is 10.1. The summed E-state index contributed by atoms with van der Waals surface area (Å²) in [5.41, 5.74) is 1.49. The second-order valence-corrected chi connectivity index (χ2v) is 6.16. The number of rotatable bonds is 9. The van der Waals surface area contributed by atoms with Crippen molar-refractivity contribution < 1.29 is 29.0 Å². The number of anilines is 1. The largest absolute Gasteiger partial charge is 0.496 e. The van der Waals surface area contributed by atoms with E-state index in [-0.39, 0.29) is 31.3 Å². The molecule has 0 unspecified atom stereocenters. The molecule has 0 aromatic heterocycles. The predicted molar refractivity (Wildman–Crippen MR) is 108 cm³/mol. The van der Waals surface area contributed by atoms with Crippen LogP contribution in [0.1, 0.15) is 22.8 Å². The molecule has 0 saturated heterocycles. The predicted octanol–water partition coefficient (Wildman–Crippen LogP) is 2.43. The minimum atomic E-state index is -1.07. The number of carbonyl (C=O) groups is 3. The molecule has 8 heteroatoms. The van der Waals surface area contributed by atoms with E-state index < -0.39 is 5.97 Å². The summed E-state index contributed by atoms with van der Waals surface area (Å²) in [7, 11) is 3.05. The van der Waals surface area contributed by atoms with Gasteiger partial charge < -0.3 is 24.8 Å². The molecule has 2 amide bonds. The average molecular weight is 400 g/mol. The van der Waals surface area contributed by atoms with E-state index in [4.69, 9.17) is 14.6 Å². The molecule has 2 aromatic rings. The van der Waals surface area contributed by atoms with Gasteiger partial charge >= 0.3 is 5.97 Å². The van der Waals surface area contributed by atoms with Gasteiger partial charge in [0.05, 0.1) is 20.6 Å². The van der Waals surface area contributed by atoms with Crippen LogP contribution in [0.25, 0.3) is 0 Å². The van der Waals surface area contributed by atoms with Gasteiger partial charge in [-0.2, -0.15) is 0 Å². The molecule has 2 aromatic carbocycles. The molecule has 0 atom stereocenters. The molecule has 2 N–H and O–H groups in total. The Morgan fingerprint density at radius 1 is 1.00 bits per heavy atom. The highest BCUT2D eigenvalue weighted by molar-refractivity contribution is 5.97. The smallest absolute Gasteiger partial charge is 0.323 e. The molecule has 154 valence electrons.